The average Bonchev–Trinajstić information content (AvgIpc) is 2.37. The van der Waals surface area contributed by atoms with Crippen molar-refractivity contribution < 1.29 is 4.74 Å². The summed E-state index contributed by atoms with van der Waals surface area (Å²) in [6.45, 7) is 6.43. The summed E-state index contributed by atoms with van der Waals surface area (Å²) in [6.07, 6.45) is 3.46. The van der Waals surface area contributed by atoms with Gasteiger partial charge in [0, 0.05) is 0 Å². The molecular weight excluding hydrogens is 222 g/mol. The van der Waals surface area contributed by atoms with Gasteiger partial charge in [-0.3, -0.25) is 0 Å². The Hall–Kier alpha value is -1.02. The Labute approximate surface area is 112 Å². The van der Waals surface area contributed by atoms with Crippen LogP contribution in [0.1, 0.15) is 44.6 Å². The van der Waals surface area contributed by atoms with Gasteiger partial charge in [-0.05, 0) is 57.5 Å². The Morgan fingerprint density at radius 3 is 2.56 bits per heavy atom. The van der Waals surface area contributed by atoms with Crippen LogP contribution in [0.15, 0.2) is 24.3 Å². The van der Waals surface area contributed by atoms with Gasteiger partial charge in [0.25, 0.3) is 0 Å². The quantitative estimate of drug-likeness (QED) is 0.647. The topological polar surface area (TPSA) is 12.5 Å². The second-order valence-electron chi connectivity index (χ2n) is 5.21. The van der Waals surface area contributed by atoms with Crippen molar-refractivity contribution >= 4 is 0 Å². The summed E-state index contributed by atoms with van der Waals surface area (Å²) in [7, 11) is 4.22. The summed E-state index contributed by atoms with van der Waals surface area (Å²) < 4.78 is 5.92. The van der Waals surface area contributed by atoms with Crippen LogP contribution in [-0.2, 0) is 0 Å². The standard InChI is InChI=1S/C16H27NO/c1-5-14(2)15-10-6-7-11-16(15)18-13-9-8-12-17(3)4/h6-7,10-11,14H,5,8-9,12-13H2,1-4H3. The van der Waals surface area contributed by atoms with Crippen molar-refractivity contribution in [3.8, 4) is 5.75 Å². The summed E-state index contributed by atoms with van der Waals surface area (Å²) in [5, 5.41) is 0. The molecule has 0 saturated carbocycles. The van der Waals surface area contributed by atoms with Gasteiger partial charge in [0.15, 0.2) is 0 Å². The van der Waals surface area contributed by atoms with Crippen LogP contribution in [0.3, 0.4) is 0 Å². The molecule has 102 valence electrons. The molecule has 18 heavy (non-hydrogen) atoms. The van der Waals surface area contributed by atoms with E-state index in [-0.39, 0.29) is 0 Å². The van der Waals surface area contributed by atoms with E-state index in [1.165, 1.54) is 12.0 Å². The van der Waals surface area contributed by atoms with E-state index in [0.29, 0.717) is 5.92 Å². The van der Waals surface area contributed by atoms with E-state index >= 15 is 0 Å². The van der Waals surface area contributed by atoms with Gasteiger partial charge in [-0.25, -0.2) is 0 Å². The zero-order chi connectivity index (χ0) is 13.4. The number of rotatable bonds is 8. The van der Waals surface area contributed by atoms with Crippen LogP contribution in [0.25, 0.3) is 0 Å². The van der Waals surface area contributed by atoms with Crippen molar-refractivity contribution in [3.63, 3.8) is 0 Å². The van der Waals surface area contributed by atoms with E-state index in [0.717, 1.165) is 31.7 Å². The Morgan fingerprint density at radius 1 is 1.17 bits per heavy atom. The normalized spacial score (nSPS) is 12.7. The minimum absolute atomic E-state index is 0.572. The first-order valence-corrected chi connectivity index (χ1v) is 7.01. The van der Waals surface area contributed by atoms with Gasteiger partial charge < -0.3 is 9.64 Å². The van der Waals surface area contributed by atoms with Crippen LogP contribution < -0.4 is 4.74 Å². The highest BCUT2D eigenvalue weighted by Gasteiger charge is 2.08. The number of hydrogen-bond acceptors (Lipinski definition) is 2. The fourth-order valence-electron chi connectivity index (χ4n) is 1.95. The second-order valence-corrected chi connectivity index (χ2v) is 5.21. The van der Waals surface area contributed by atoms with Gasteiger partial charge in [0.2, 0.25) is 0 Å². The number of benzene rings is 1. The first-order chi connectivity index (χ1) is 8.65. The van der Waals surface area contributed by atoms with Crippen molar-refractivity contribution in [2.45, 2.75) is 39.0 Å². The fraction of sp³-hybridized carbons (Fsp3) is 0.625. The van der Waals surface area contributed by atoms with Gasteiger partial charge in [-0.15, -0.1) is 0 Å². The highest BCUT2D eigenvalue weighted by molar-refractivity contribution is 5.35. The average molecular weight is 249 g/mol. The van der Waals surface area contributed by atoms with Gasteiger partial charge in [-0.1, -0.05) is 32.0 Å². The molecule has 0 aliphatic carbocycles. The zero-order valence-electron chi connectivity index (χ0n) is 12.3. The first-order valence-electron chi connectivity index (χ1n) is 7.01. The number of unbranched alkanes of at least 4 members (excludes halogenated alkanes) is 1. The molecule has 2 heteroatoms. The van der Waals surface area contributed by atoms with Crippen LogP contribution in [0.4, 0.5) is 0 Å². The SMILES string of the molecule is CCC(C)c1ccccc1OCCCCN(C)C. The number of ether oxygens (including phenoxy) is 1. The van der Waals surface area contributed by atoms with Crippen molar-refractivity contribution in [1.82, 2.24) is 4.90 Å². The molecule has 1 unspecified atom stereocenters. The van der Waals surface area contributed by atoms with Gasteiger partial charge in [0.1, 0.15) is 5.75 Å². The van der Waals surface area contributed by atoms with Crippen molar-refractivity contribution in [2.75, 3.05) is 27.2 Å². The van der Waals surface area contributed by atoms with Crippen molar-refractivity contribution in [2.24, 2.45) is 0 Å². The smallest absolute Gasteiger partial charge is 0.122 e. The lowest BCUT2D eigenvalue weighted by atomic mass is 9.98. The summed E-state index contributed by atoms with van der Waals surface area (Å²) in [5.41, 5.74) is 1.34. The van der Waals surface area contributed by atoms with E-state index in [2.05, 4.69) is 57.1 Å². The monoisotopic (exact) mass is 249 g/mol. The largest absolute Gasteiger partial charge is 0.493 e. The van der Waals surface area contributed by atoms with Crippen LogP contribution in [-0.4, -0.2) is 32.1 Å². The first kappa shape index (κ1) is 15.0. The third-order valence-electron chi connectivity index (χ3n) is 3.32. The molecule has 0 saturated heterocycles. The molecule has 1 aromatic carbocycles. The van der Waals surface area contributed by atoms with E-state index < -0.39 is 0 Å². The van der Waals surface area contributed by atoms with E-state index in [1.807, 2.05) is 0 Å². The molecule has 2 nitrogen and oxygen atoms in total. The molecule has 1 aromatic rings. The maximum atomic E-state index is 5.92. The molecule has 0 radical (unpaired) electrons. The predicted octanol–water partition coefficient (Wildman–Crippen LogP) is 3.92. The fourth-order valence-corrected chi connectivity index (χ4v) is 1.95. The third-order valence-corrected chi connectivity index (χ3v) is 3.32. The maximum Gasteiger partial charge on any atom is 0.122 e. The number of hydrogen-bond donors (Lipinski definition) is 0. The Bertz CT molecular complexity index is 336. The molecule has 0 fully saturated rings. The van der Waals surface area contributed by atoms with Crippen LogP contribution >= 0.6 is 0 Å². The van der Waals surface area contributed by atoms with E-state index in [1.54, 1.807) is 0 Å². The Morgan fingerprint density at radius 2 is 1.89 bits per heavy atom. The predicted molar refractivity (Wildman–Crippen MR) is 78.4 cm³/mol. The molecule has 0 bridgehead atoms. The zero-order valence-corrected chi connectivity index (χ0v) is 12.3. The molecule has 1 rings (SSSR count). The third kappa shape index (κ3) is 5.09. The molecule has 0 spiro atoms. The summed E-state index contributed by atoms with van der Waals surface area (Å²) in [5.74, 6) is 1.64. The lowest BCUT2D eigenvalue weighted by Gasteiger charge is -2.16. The van der Waals surface area contributed by atoms with Crippen LogP contribution in [0.5, 0.6) is 5.75 Å². The summed E-state index contributed by atoms with van der Waals surface area (Å²) in [4.78, 5) is 2.22. The molecule has 0 aromatic heterocycles. The van der Waals surface area contributed by atoms with Crippen LogP contribution in [0, 0.1) is 0 Å². The molecule has 0 aliphatic rings. The molecule has 0 amide bonds. The van der Waals surface area contributed by atoms with Gasteiger partial charge in [-0.2, -0.15) is 0 Å². The Balaban J connectivity index is 2.42. The van der Waals surface area contributed by atoms with Gasteiger partial charge in [0.05, 0.1) is 6.61 Å². The van der Waals surface area contributed by atoms with Gasteiger partial charge >= 0.3 is 0 Å². The molecule has 0 N–H and O–H groups in total. The molecule has 0 aliphatic heterocycles. The highest BCUT2D eigenvalue weighted by atomic mass is 16.5. The van der Waals surface area contributed by atoms with E-state index in [9.17, 15) is 0 Å². The maximum absolute atomic E-state index is 5.92. The molecular formula is C16H27NO. The lowest BCUT2D eigenvalue weighted by molar-refractivity contribution is 0.289. The van der Waals surface area contributed by atoms with Crippen LogP contribution in [0.2, 0.25) is 0 Å². The molecule has 1 atom stereocenters. The van der Waals surface area contributed by atoms with Crippen molar-refractivity contribution in [1.29, 1.82) is 0 Å². The Kier molecular flexibility index (Phi) is 6.81. The number of nitrogens with zero attached hydrogens (tertiary/aromatic N) is 1. The minimum Gasteiger partial charge on any atom is -0.493 e. The summed E-state index contributed by atoms with van der Waals surface area (Å²) >= 11 is 0. The minimum atomic E-state index is 0.572. The van der Waals surface area contributed by atoms with E-state index in [4.69, 9.17) is 4.74 Å². The lowest BCUT2D eigenvalue weighted by Crippen LogP contribution is -2.13. The second kappa shape index (κ2) is 8.15. The molecule has 0 heterocycles. The highest BCUT2D eigenvalue weighted by Crippen LogP contribution is 2.28. The summed E-state index contributed by atoms with van der Waals surface area (Å²) in [6, 6.07) is 8.43. The number of para-hydroxylation sites is 1. The van der Waals surface area contributed by atoms with Crippen molar-refractivity contribution in [3.05, 3.63) is 29.8 Å².